The Labute approximate surface area is 134 Å². The predicted molar refractivity (Wildman–Crippen MR) is 84.6 cm³/mol. The van der Waals surface area contributed by atoms with Crippen molar-refractivity contribution < 1.29 is 9.53 Å². The number of rotatable bonds is 4. The number of carbonyl (C=O) groups is 1. The van der Waals surface area contributed by atoms with E-state index in [1.807, 2.05) is 17.0 Å². The molecular formula is C16H19N5O2. The lowest BCUT2D eigenvalue weighted by molar-refractivity contribution is -0.0246. The van der Waals surface area contributed by atoms with Gasteiger partial charge in [0.25, 0.3) is 5.91 Å². The Morgan fingerprint density at radius 2 is 2.26 bits per heavy atom. The number of nitrogens with zero attached hydrogens (tertiary/aromatic N) is 4. The molecule has 3 heterocycles. The number of morpholine rings is 1. The lowest BCUT2D eigenvalue weighted by Crippen LogP contribution is -2.45. The summed E-state index contributed by atoms with van der Waals surface area (Å²) in [5.41, 5.74) is 7.37. The molecule has 1 aliphatic heterocycles. The fourth-order valence-electron chi connectivity index (χ4n) is 2.66. The first-order valence-electron chi connectivity index (χ1n) is 7.60. The lowest BCUT2D eigenvalue weighted by Gasteiger charge is -2.33. The number of nitrogen functional groups attached to an aromatic ring is 1. The first-order valence-corrected chi connectivity index (χ1v) is 7.60. The largest absolute Gasteiger partial charge is 0.384 e. The Morgan fingerprint density at radius 1 is 1.35 bits per heavy atom. The monoisotopic (exact) mass is 313 g/mol. The van der Waals surface area contributed by atoms with Crippen LogP contribution >= 0.6 is 0 Å². The van der Waals surface area contributed by atoms with Gasteiger partial charge in [0.1, 0.15) is 5.82 Å². The number of anilines is 1. The molecule has 0 saturated carbocycles. The van der Waals surface area contributed by atoms with Gasteiger partial charge < -0.3 is 15.4 Å². The average molecular weight is 313 g/mol. The van der Waals surface area contributed by atoms with Crippen LogP contribution < -0.4 is 5.73 Å². The first-order chi connectivity index (χ1) is 11.2. The lowest BCUT2D eigenvalue weighted by atomic mass is 10.1. The van der Waals surface area contributed by atoms with Crippen molar-refractivity contribution in [3.05, 3.63) is 47.9 Å². The normalized spacial score (nSPS) is 17.9. The Bertz CT molecular complexity index is 665. The van der Waals surface area contributed by atoms with E-state index in [0.717, 1.165) is 18.4 Å². The number of ether oxygens (including phenoxy) is 1. The predicted octanol–water partition coefficient (Wildman–Crippen LogP) is 0.928. The van der Waals surface area contributed by atoms with Gasteiger partial charge in [-0.25, -0.2) is 4.98 Å². The van der Waals surface area contributed by atoms with Crippen LogP contribution in [0.15, 0.2) is 36.8 Å². The standard InChI is InChI=1S/C16H19N5O2/c17-15-9-12(3-5-18-15)1-2-14-11-21(7-8-23-14)16(22)13-4-6-19-20-10-13/h3-6,9-10,14H,1-2,7-8,11H2,(H2,17,18)/t14-/m1/s1. The fraction of sp³-hybridized carbons (Fsp3) is 0.375. The highest BCUT2D eigenvalue weighted by Crippen LogP contribution is 2.15. The summed E-state index contributed by atoms with van der Waals surface area (Å²) < 4.78 is 5.78. The number of aromatic nitrogens is 3. The first kappa shape index (κ1) is 15.4. The molecule has 0 unspecified atom stereocenters. The van der Waals surface area contributed by atoms with Crippen LogP contribution in [0.5, 0.6) is 0 Å². The van der Waals surface area contributed by atoms with E-state index in [1.54, 1.807) is 12.3 Å². The molecule has 1 aliphatic rings. The Kier molecular flexibility index (Phi) is 4.77. The minimum Gasteiger partial charge on any atom is -0.384 e. The van der Waals surface area contributed by atoms with Gasteiger partial charge in [0.2, 0.25) is 0 Å². The highest BCUT2D eigenvalue weighted by Gasteiger charge is 2.25. The molecule has 1 fully saturated rings. The van der Waals surface area contributed by atoms with Crippen LogP contribution in [0.3, 0.4) is 0 Å². The molecule has 120 valence electrons. The van der Waals surface area contributed by atoms with Gasteiger partial charge in [-0.05, 0) is 36.6 Å². The van der Waals surface area contributed by atoms with E-state index >= 15 is 0 Å². The van der Waals surface area contributed by atoms with Crippen molar-refractivity contribution in [1.29, 1.82) is 0 Å². The van der Waals surface area contributed by atoms with E-state index in [0.29, 0.717) is 31.1 Å². The van der Waals surface area contributed by atoms with Crippen LogP contribution in [0.4, 0.5) is 5.82 Å². The third-order valence-electron chi connectivity index (χ3n) is 3.86. The SMILES string of the molecule is Nc1cc(CC[C@@H]2CN(C(=O)c3ccnnc3)CCO2)ccn1. The fourth-order valence-corrected chi connectivity index (χ4v) is 2.66. The molecule has 0 aromatic carbocycles. The van der Waals surface area contributed by atoms with Crippen LogP contribution in [0.1, 0.15) is 22.3 Å². The molecule has 7 heteroatoms. The topological polar surface area (TPSA) is 94.2 Å². The van der Waals surface area contributed by atoms with E-state index in [1.165, 1.54) is 12.4 Å². The van der Waals surface area contributed by atoms with Gasteiger partial charge in [0.05, 0.1) is 30.7 Å². The van der Waals surface area contributed by atoms with Crippen LogP contribution in [-0.2, 0) is 11.2 Å². The van der Waals surface area contributed by atoms with Crippen molar-refractivity contribution in [2.24, 2.45) is 0 Å². The van der Waals surface area contributed by atoms with E-state index in [-0.39, 0.29) is 12.0 Å². The van der Waals surface area contributed by atoms with Gasteiger partial charge in [0, 0.05) is 19.3 Å². The number of aryl methyl sites for hydroxylation is 1. The molecule has 1 saturated heterocycles. The second-order valence-electron chi connectivity index (χ2n) is 5.50. The minimum absolute atomic E-state index is 0.0249. The third kappa shape index (κ3) is 4.01. The maximum Gasteiger partial charge on any atom is 0.255 e. The molecule has 23 heavy (non-hydrogen) atoms. The summed E-state index contributed by atoms with van der Waals surface area (Å²) in [6.07, 6.45) is 6.43. The molecule has 0 radical (unpaired) electrons. The van der Waals surface area contributed by atoms with E-state index in [4.69, 9.17) is 10.5 Å². The van der Waals surface area contributed by atoms with Gasteiger partial charge in [-0.2, -0.15) is 10.2 Å². The maximum absolute atomic E-state index is 12.4. The molecule has 0 bridgehead atoms. The van der Waals surface area contributed by atoms with Crippen LogP contribution in [0, 0.1) is 0 Å². The van der Waals surface area contributed by atoms with Crippen molar-refractivity contribution in [3.63, 3.8) is 0 Å². The van der Waals surface area contributed by atoms with Gasteiger partial charge in [-0.15, -0.1) is 0 Å². The van der Waals surface area contributed by atoms with E-state index < -0.39 is 0 Å². The van der Waals surface area contributed by atoms with Gasteiger partial charge in [-0.3, -0.25) is 4.79 Å². The van der Waals surface area contributed by atoms with Crippen molar-refractivity contribution in [2.45, 2.75) is 18.9 Å². The van der Waals surface area contributed by atoms with Crippen molar-refractivity contribution in [2.75, 3.05) is 25.4 Å². The van der Waals surface area contributed by atoms with Crippen LogP contribution in [0.25, 0.3) is 0 Å². The number of hydrogen-bond acceptors (Lipinski definition) is 6. The summed E-state index contributed by atoms with van der Waals surface area (Å²) >= 11 is 0. The summed E-state index contributed by atoms with van der Waals surface area (Å²) in [7, 11) is 0. The number of hydrogen-bond donors (Lipinski definition) is 1. The molecule has 0 spiro atoms. The number of nitrogens with two attached hydrogens (primary N) is 1. The molecule has 2 N–H and O–H groups in total. The summed E-state index contributed by atoms with van der Waals surface area (Å²) in [6.45, 7) is 1.73. The van der Waals surface area contributed by atoms with E-state index in [2.05, 4.69) is 15.2 Å². The highest BCUT2D eigenvalue weighted by atomic mass is 16.5. The molecule has 1 amide bonds. The van der Waals surface area contributed by atoms with Crippen molar-refractivity contribution >= 4 is 11.7 Å². The zero-order valence-electron chi connectivity index (χ0n) is 12.8. The maximum atomic E-state index is 12.4. The molecule has 1 atom stereocenters. The molecule has 3 rings (SSSR count). The highest BCUT2D eigenvalue weighted by molar-refractivity contribution is 5.93. The zero-order chi connectivity index (χ0) is 16.1. The molecule has 2 aromatic rings. The number of pyridine rings is 1. The Balaban J connectivity index is 1.57. The summed E-state index contributed by atoms with van der Waals surface area (Å²) in [5, 5.41) is 7.45. The second-order valence-corrected chi connectivity index (χ2v) is 5.50. The zero-order valence-corrected chi connectivity index (χ0v) is 12.8. The summed E-state index contributed by atoms with van der Waals surface area (Å²) in [6, 6.07) is 5.50. The molecule has 2 aromatic heterocycles. The van der Waals surface area contributed by atoms with E-state index in [9.17, 15) is 4.79 Å². The number of amides is 1. The minimum atomic E-state index is -0.0265. The van der Waals surface area contributed by atoms with Gasteiger partial charge in [0.15, 0.2) is 0 Å². The van der Waals surface area contributed by atoms with Crippen LogP contribution in [0.2, 0.25) is 0 Å². The quantitative estimate of drug-likeness (QED) is 0.902. The smallest absolute Gasteiger partial charge is 0.255 e. The van der Waals surface area contributed by atoms with Crippen molar-refractivity contribution in [1.82, 2.24) is 20.1 Å². The molecular weight excluding hydrogens is 294 g/mol. The number of carbonyl (C=O) groups excluding carboxylic acids is 1. The Hall–Kier alpha value is -2.54. The van der Waals surface area contributed by atoms with Gasteiger partial charge in [-0.1, -0.05) is 0 Å². The summed E-state index contributed by atoms with van der Waals surface area (Å²) in [4.78, 5) is 18.2. The third-order valence-corrected chi connectivity index (χ3v) is 3.86. The second kappa shape index (κ2) is 7.15. The van der Waals surface area contributed by atoms with Gasteiger partial charge >= 0.3 is 0 Å². The Morgan fingerprint density at radius 3 is 3.04 bits per heavy atom. The average Bonchev–Trinajstić information content (AvgIpc) is 2.60. The summed E-state index contributed by atoms with van der Waals surface area (Å²) in [5.74, 6) is 0.496. The molecule has 7 nitrogen and oxygen atoms in total. The molecule has 0 aliphatic carbocycles. The van der Waals surface area contributed by atoms with Crippen LogP contribution in [-0.4, -0.2) is 51.8 Å². The van der Waals surface area contributed by atoms with Crippen molar-refractivity contribution in [3.8, 4) is 0 Å².